The van der Waals surface area contributed by atoms with Crippen LogP contribution in [-0.2, 0) is 16.6 Å². The van der Waals surface area contributed by atoms with Gasteiger partial charge in [0.25, 0.3) is 0 Å². The summed E-state index contributed by atoms with van der Waals surface area (Å²) in [5, 5.41) is 6.52. The van der Waals surface area contributed by atoms with Crippen molar-refractivity contribution in [1.82, 2.24) is 10.6 Å². The van der Waals surface area contributed by atoms with Gasteiger partial charge in [-0.2, -0.15) is 0 Å². The number of hydrogen-bond acceptors (Lipinski definition) is 3. The average molecular weight is 435 g/mol. The largest absolute Gasteiger partial charge is 0.365 e. The molecule has 0 spiro atoms. The van der Waals surface area contributed by atoms with Crippen LogP contribution in [0.2, 0.25) is 0 Å². The second kappa shape index (κ2) is 11.1. The molecule has 1 fully saturated rings. The Hall–Kier alpha value is -2.48. The molecule has 2 N–H and O–H groups in total. The standard InChI is InChI=1S/C22H28F2N4OS/c1-2-25-22(26-12-14-30(29)16-17-7-4-3-5-8-17)27-18-11-13-28(15-18)21-19(23)9-6-10-20(21)24/h3-10,18H,2,11-16H2,1H3,(H2,25,26,27). The Balaban J connectivity index is 1.52. The molecule has 2 aromatic rings. The van der Waals surface area contributed by atoms with E-state index in [0.717, 1.165) is 12.0 Å². The predicted molar refractivity (Wildman–Crippen MR) is 119 cm³/mol. The molecule has 1 saturated heterocycles. The molecule has 1 aliphatic heterocycles. The molecule has 3 rings (SSSR count). The molecule has 5 nitrogen and oxygen atoms in total. The average Bonchev–Trinajstić information content (AvgIpc) is 3.16. The zero-order valence-electron chi connectivity index (χ0n) is 17.1. The van der Waals surface area contributed by atoms with Gasteiger partial charge in [0.1, 0.15) is 17.3 Å². The van der Waals surface area contributed by atoms with E-state index in [1.165, 1.54) is 18.2 Å². The van der Waals surface area contributed by atoms with Gasteiger partial charge in [0.2, 0.25) is 0 Å². The maximum atomic E-state index is 14.0. The van der Waals surface area contributed by atoms with Crippen molar-refractivity contribution in [2.75, 3.05) is 36.8 Å². The Kier molecular flexibility index (Phi) is 8.19. The van der Waals surface area contributed by atoms with Gasteiger partial charge in [-0.3, -0.25) is 9.20 Å². The molecule has 2 atom stereocenters. The lowest BCUT2D eigenvalue weighted by atomic mass is 10.2. The molecule has 0 saturated carbocycles. The molecule has 0 amide bonds. The van der Waals surface area contributed by atoms with Crippen LogP contribution in [0.5, 0.6) is 0 Å². The number of benzene rings is 2. The van der Waals surface area contributed by atoms with Crippen molar-refractivity contribution in [2.45, 2.75) is 25.1 Å². The van der Waals surface area contributed by atoms with Crippen molar-refractivity contribution in [3.05, 3.63) is 65.7 Å². The third kappa shape index (κ3) is 6.26. The number of nitrogens with one attached hydrogen (secondary N) is 2. The number of halogens is 2. The maximum Gasteiger partial charge on any atom is 0.191 e. The smallest absolute Gasteiger partial charge is 0.191 e. The van der Waals surface area contributed by atoms with Crippen LogP contribution in [0, 0.1) is 11.6 Å². The molecule has 1 aliphatic rings. The van der Waals surface area contributed by atoms with Gasteiger partial charge in [-0.25, -0.2) is 8.78 Å². The van der Waals surface area contributed by atoms with Crippen molar-refractivity contribution in [1.29, 1.82) is 0 Å². The molecule has 2 unspecified atom stereocenters. The zero-order valence-corrected chi connectivity index (χ0v) is 17.9. The molecule has 1 heterocycles. The summed E-state index contributed by atoms with van der Waals surface area (Å²) in [6.07, 6.45) is 0.748. The lowest BCUT2D eigenvalue weighted by molar-refractivity contribution is 0.576. The Morgan fingerprint density at radius 1 is 1.17 bits per heavy atom. The molecule has 30 heavy (non-hydrogen) atoms. The molecular weight excluding hydrogens is 406 g/mol. The summed E-state index contributed by atoms with van der Waals surface area (Å²) in [5.74, 6) is 0.541. The summed E-state index contributed by atoms with van der Waals surface area (Å²) in [6, 6.07) is 13.7. The van der Waals surface area contributed by atoms with Gasteiger partial charge in [-0.15, -0.1) is 0 Å². The minimum atomic E-state index is -0.985. The Morgan fingerprint density at radius 3 is 2.60 bits per heavy atom. The molecule has 0 radical (unpaired) electrons. The van der Waals surface area contributed by atoms with Crippen LogP contribution in [0.3, 0.4) is 0 Å². The van der Waals surface area contributed by atoms with Gasteiger partial charge in [0.05, 0.1) is 6.54 Å². The number of rotatable bonds is 8. The fourth-order valence-electron chi connectivity index (χ4n) is 3.48. The third-order valence-corrected chi connectivity index (χ3v) is 6.18. The van der Waals surface area contributed by atoms with Gasteiger partial charge < -0.3 is 15.5 Å². The van der Waals surface area contributed by atoms with E-state index in [4.69, 9.17) is 0 Å². The molecule has 0 bridgehead atoms. The van der Waals surface area contributed by atoms with Crippen LogP contribution in [0.25, 0.3) is 0 Å². The number of guanidine groups is 1. The van der Waals surface area contributed by atoms with Crippen LogP contribution in [-0.4, -0.2) is 48.1 Å². The van der Waals surface area contributed by atoms with Crippen LogP contribution < -0.4 is 15.5 Å². The van der Waals surface area contributed by atoms with Crippen LogP contribution in [0.1, 0.15) is 18.9 Å². The second-order valence-corrected chi connectivity index (χ2v) is 8.76. The summed E-state index contributed by atoms with van der Waals surface area (Å²) in [5.41, 5.74) is 1.08. The van der Waals surface area contributed by atoms with Crippen molar-refractivity contribution in [2.24, 2.45) is 4.99 Å². The summed E-state index contributed by atoms with van der Waals surface area (Å²) in [7, 11) is -0.985. The van der Waals surface area contributed by atoms with Crippen LogP contribution >= 0.6 is 0 Å². The van der Waals surface area contributed by atoms with Crippen LogP contribution in [0.15, 0.2) is 53.5 Å². The molecular formula is C22H28F2N4OS. The fraction of sp³-hybridized carbons (Fsp3) is 0.409. The van der Waals surface area contributed by atoms with E-state index in [0.29, 0.717) is 43.6 Å². The van der Waals surface area contributed by atoms with E-state index in [9.17, 15) is 13.0 Å². The number of para-hydroxylation sites is 1. The molecule has 2 aromatic carbocycles. The topological polar surface area (TPSA) is 56.7 Å². The monoisotopic (exact) mass is 434 g/mol. The molecule has 8 heteroatoms. The highest BCUT2D eigenvalue weighted by atomic mass is 32.2. The summed E-state index contributed by atoms with van der Waals surface area (Å²) in [4.78, 5) is 6.25. The quantitative estimate of drug-likeness (QED) is 0.495. The van der Waals surface area contributed by atoms with Crippen molar-refractivity contribution in [3.63, 3.8) is 0 Å². The third-order valence-electron chi connectivity index (χ3n) is 4.89. The minimum Gasteiger partial charge on any atom is -0.365 e. The normalized spacial score (nSPS) is 17.8. The van der Waals surface area contributed by atoms with E-state index >= 15 is 0 Å². The van der Waals surface area contributed by atoms with Crippen molar-refractivity contribution >= 4 is 22.4 Å². The first kappa shape index (κ1) is 22.2. The highest BCUT2D eigenvalue weighted by Crippen LogP contribution is 2.26. The van der Waals surface area contributed by atoms with E-state index < -0.39 is 22.4 Å². The SMILES string of the molecule is CCNC(=NCCS(=O)Cc1ccccc1)NC1CCN(c2c(F)cccc2F)C1. The van der Waals surface area contributed by atoms with Crippen molar-refractivity contribution in [3.8, 4) is 0 Å². The minimum absolute atomic E-state index is 0.0247. The summed E-state index contributed by atoms with van der Waals surface area (Å²) < 4.78 is 40.4. The number of nitrogens with zero attached hydrogens (tertiary/aromatic N) is 2. The molecule has 0 aliphatic carbocycles. The predicted octanol–water partition coefficient (Wildman–Crippen LogP) is 3.05. The molecule has 162 valence electrons. The Morgan fingerprint density at radius 2 is 1.90 bits per heavy atom. The fourth-order valence-corrected chi connectivity index (χ4v) is 4.48. The first-order chi connectivity index (χ1) is 14.6. The van der Waals surface area contributed by atoms with Gasteiger partial charge in [0, 0.05) is 48.0 Å². The van der Waals surface area contributed by atoms with E-state index in [2.05, 4.69) is 15.6 Å². The highest BCUT2D eigenvalue weighted by Gasteiger charge is 2.27. The Labute approximate surface area is 179 Å². The number of hydrogen-bond donors (Lipinski definition) is 2. The van der Waals surface area contributed by atoms with Crippen molar-refractivity contribution < 1.29 is 13.0 Å². The molecule has 0 aromatic heterocycles. The van der Waals surface area contributed by atoms with E-state index in [1.54, 1.807) is 4.90 Å². The maximum absolute atomic E-state index is 14.0. The first-order valence-electron chi connectivity index (χ1n) is 10.2. The Bertz CT molecular complexity index is 858. The van der Waals surface area contributed by atoms with Crippen LogP contribution in [0.4, 0.5) is 14.5 Å². The van der Waals surface area contributed by atoms with Gasteiger partial charge in [-0.1, -0.05) is 36.4 Å². The van der Waals surface area contributed by atoms with E-state index in [-0.39, 0.29) is 11.7 Å². The first-order valence-corrected chi connectivity index (χ1v) is 11.7. The van der Waals surface area contributed by atoms with Gasteiger partial charge in [-0.05, 0) is 31.0 Å². The summed E-state index contributed by atoms with van der Waals surface area (Å²) in [6.45, 7) is 4.16. The van der Waals surface area contributed by atoms with Gasteiger partial charge >= 0.3 is 0 Å². The summed E-state index contributed by atoms with van der Waals surface area (Å²) >= 11 is 0. The number of anilines is 1. The van der Waals surface area contributed by atoms with E-state index in [1.807, 2.05) is 37.3 Å². The lowest BCUT2D eigenvalue weighted by Gasteiger charge is -2.21. The lowest BCUT2D eigenvalue weighted by Crippen LogP contribution is -2.45. The highest BCUT2D eigenvalue weighted by molar-refractivity contribution is 7.84. The zero-order chi connectivity index (χ0) is 21.3. The number of aliphatic imine (C=N–C) groups is 1. The van der Waals surface area contributed by atoms with Gasteiger partial charge in [0.15, 0.2) is 5.96 Å². The second-order valence-electron chi connectivity index (χ2n) is 7.18.